The highest BCUT2D eigenvalue weighted by Crippen LogP contribution is 2.27. The fourth-order valence-corrected chi connectivity index (χ4v) is 2.96. The summed E-state index contributed by atoms with van der Waals surface area (Å²) < 4.78 is 2.12. The van der Waals surface area contributed by atoms with Gasteiger partial charge in [-0.05, 0) is 30.9 Å². The number of hydrogen-bond donors (Lipinski definition) is 0. The zero-order valence-electron chi connectivity index (χ0n) is 11.5. The van der Waals surface area contributed by atoms with Crippen molar-refractivity contribution in [2.24, 2.45) is 7.05 Å². The van der Waals surface area contributed by atoms with Gasteiger partial charge in [0.05, 0.1) is 12.0 Å². The molecule has 0 unspecified atom stereocenters. The Balaban J connectivity index is 1.67. The lowest BCUT2D eigenvalue weighted by molar-refractivity contribution is 0.196. The van der Waals surface area contributed by atoms with Crippen molar-refractivity contribution in [3.8, 4) is 0 Å². The molecule has 3 heteroatoms. The fraction of sp³-hybridized carbons (Fsp3) is 0.438. The molecule has 19 heavy (non-hydrogen) atoms. The summed E-state index contributed by atoms with van der Waals surface area (Å²) >= 11 is 0. The van der Waals surface area contributed by atoms with Gasteiger partial charge in [-0.1, -0.05) is 30.3 Å². The van der Waals surface area contributed by atoms with E-state index in [2.05, 4.69) is 51.8 Å². The van der Waals surface area contributed by atoms with Crippen molar-refractivity contribution in [3.05, 3.63) is 54.1 Å². The van der Waals surface area contributed by atoms with E-state index in [4.69, 9.17) is 0 Å². The second kappa shape index (κ2) is 5.57. The van der Waals surface area contributed by atoms with Crippen LogP contribution in [0.15, 0.2) is 42.9 Å². The highest BCUT2D eigenvalue weighted by molar-refractivity contribution is 5.20. The zero-order chi connectivity index (χ0) is 13.1. The molecule has 1 aromatic heterocycles. The molecule has 100 valence electrons. The molecule has 1 atom stereocenters. The first-order valence-electron chi connectivity index (χ1n) is 7.05. The number of imidazole rings is 1. The maximum atomic E-state index is 4.20. The van der Waals surface area contributed by atoms with Crippen LogP contribution in [0.3, 0.4) is 0 Å². The Morgan fingerprint density at radius 3 is 2.84 bits per heavy atom. The second-order valence-electron chi connectivity index (χ2n) is 5.48. The van der Waals surface area contributed by atoms with Crippen molar-refractivity contribution in [3.63, 3.8) is 0 Å². The molecule has 0 spiro atoms. The number of rotatable bonds is 3. The summed E-state index contributed by atoms with van der Waals surface area (Å²) in [6.07, 6.45) is 6.46. The van der Waals surface area contributed by atoms with E-state index in [1.54, 1.807) is 0 Å². The zero-order valence-corrected chi connectivity index (χ0v) is 11.5. The molecule has 2 aromatic rings. The van der Waals surface area contributed by atoms with Crippen LogP contribution in [0.2, 0.25) is 0 Å². The molecule has 0 N–H and O–H groups in total. The van der Waals surface area contributed by atoms with Crippen molar-refractivity contribution >= 4 is 0 Å². The van der Waals surface area contributed by atoms with Gasteiger partial charge in [0.25, 0.3) is 0 Å². The van der Waals surface area contributed by atoms with Crippen molar-refractivity contribution in [2.75, 3.05) is 13.1 Å². The summed E-state index contributed by atoms with van der Waals surface area (Å²) in [5.74, 6) is 0.683. The third-order valence-corrected chi connectivity index (χ3v) is 4.08. The molecule has 0 amide bonds. The van der Waals surface area contributed by atoms with Crippen molar-refractivity contribution in [1.82, 2.24) is 14.5 Å². The van der Waals surface area contributed by atoms with Crippen molar-refractivity contribution in [1.29, 1.82) is 0 Å². The monoisotopic (exact) mass is 255 g/mol. The maximum Gasteiger partial charge on any atom is 0.0945 e. The van der Waals surface area contributed by atoms with E-state index in [1.165, 1.54) is 30.6 Å². The average molecular weight is 255 g/mol. The van der Waals surface area contributed by atoms with Crippen LogP contribution in [0.4, 0.5) is 0 Å². The van der Waals surface area contributed by atoms with Gasteiger partial charge in [0.2, 0.25) is 0 Å². The molecular weight excluding hydrogens is 234 g/mol. The highest BCUT2D eigenvalue weighted by atomic mass is 15.2. The van der Waals surface area contributed by atoms with Gasteiger partial charge < -0.3 is 4.57 Å². The first-order chi connectivity index (χ1) is 9.33. The first-order valence-corrected chi connectivity index (χ1v) is 7.05. The quantitative estimate of drug-likeness (QED) is 0.841. The van der Waals surface area contributed by atoms with E-state index in [0.29, 0.717) is 5.92 Å². The Labute approximate surface area is 114 Å². The number of hydrogen-bond acceptors (Lipinski definition) is 2. The van der Waals surface area contributed by atoms with Crippen molar-refractivity contribution in [2.45, 2.75) is 25.3 Å². The Hall–Kier alpha value is -1.61. The van der Waals surface area contributed by atoms with E-state index in [-0.39, 0.29) is 0 Å². The van der Waals surface area contributed by atoms with Crippen LogP contribution < -0.4 is 0 Å². The van der Waals surface area contributed by atoms with Gasteiger partial charge in [0.1, 0.15) is 0 Å². The van der Waals surface area contributed by atoms with Crippen LogP contribution in [-0.2, 0) is 13.6 Å². The van der Waals surface area contributed by atoms with E-state index in [9.17, 15) is 0 Å². The summed E-state index contributed by atoms with van der Waals surface area (Å²) in [7, 11) is 2.07. The van der Waals surface area contributed by atoms with E-state index in [1.807, 2.05) is 12.5 Å². The largest absolute Gasteiger partial charge is 0.337 e. The van der Waals surface area contributed by atoms with Gasteiger partial charge in [-0.3, -0.25) is 4.90 Å². The van der Waals surface area contributed by atoms with Crippen molar-refractivity contribution < 1.29 is 0 Å². The van der Waals surface area contributed by atoms with Crippen LogP contribution in [0, 0.1) is 0 Å². The highest BCUT2D eigenvalue weighted by Gasteiger charge is 2.21. The number of aromatic nitrogens is 2. The standard InChI is InChI=1S/C16H21N3/c1-18-13-17-10-16(18)12-19-9-5-8-15(11-19)14-6-3-2-4-7-14/h2-4,6-7,10,13,15H,5,8-9,11-12H2,1H3/t15-/m1/s1. The van der Waals surface area contributed by atoms with Crippen LogP contribution in [0.25, 0.3) is 0 Å². The summed E-state index contributed by atoms with van der Waals surface area (Å²) in [6.45, 7) is 3.38. The summed E-state index contributed by atoms with van der Waals surface area (Å²) in [5.41, 5.74) is 2.78. The Morgan fingerprint density at radius 2 is 2.11 bits per heavy atom. The molecule has 1 saturated heterocycles. The molecule has 1 aliphatic rings. The third kappa shape index (κ3) is 2.87. The molecule has 3 nitrogen and oxygen atoms in total. The topological polar surface area (TPSA) is 21.1 Å². The minimum Gasteiger partial charge on any atom is -0.337 e. The predicted octanol–water partition coefficient (Wildman–Crippen LogP) is 2.80. The first kappa shape index (κ1) is 12.4. The molecular formula is C16H21N3. The number of piperidine rings is 1. The Morgan fingerprint density at radius 1 is 1.26 bits per heavy atom. The van der Waals surface area contributed by atoms with Gasteiger partial charge in [-0.2, -0.15) is 0 Å². The molecule has 0 bridgehead atoms. The smallest absolute Gasteiger partial charge is 0.0945 e. The summed E-state index contributed by atoms with van der Waals surface area (Å²) in [5, 5.41) is 0. The second-order valence-corrected chi connectivity index (χ2v) is 5.48. The third-order valence-electron chi connectivity index (χ3n) is 4.08. The molecule has 0 saturated carbocycles. The molecule has 0 radical (unpaired) electrons. The number of aryl methyl sites for hydroxylation is 1. The van der Waals surface area contributed by atoms with Crippen LogP contribution in [0.1, 0.15) is 30.0 Å². The van der Waals surface area contributed by atoms with Gasteiger partial charge in [0.15, 0.2) is 0 Å². The van der Waals surface area contributed by atoms with Gasteiger partial charge in [0, 0.05) is 26.3 Å². The van der Waals surface area contributed by atoms with Crippen LogP contribution in [-0.4, -0.2) is 27.5 Å². The molecule has 0 aliphatic carbocycles. The lowest BCUT2D eigenvalue weighted by Gasteiger charge is -2.32. The number of benzene rings is 1. The molecule has 1 aliphatic heterocycles. The minimum absolute atomic E-state index is 0.683. The summed E-state index contributed by atoms with van der Waals surface area (Å²) in [4.78, 5) is 6.75. The Kier molecular flexibility index (Phi) is 3.65. The SMILES string of the molecule is Cn1cncc1CN1CCC[C@@H](c2ccccc2)C1. The van der Waals surface area contributed by atoms with Crippen LogP contribution >= 0.6 is 0 Å². The van der Waals surface area contributed by atoms with Gasteiger partial charge >= 0.3 is 0 Å². The van der Waals surface area contributed by atoms with E-state index in [0.717, 1.165) is 13.1 Å². The lowest BCUT2D eigenvalue weighted by Crippen LogP contribution is -2.34. The molecule has 2 heterocycles. The number of likely N-dealkylation sites (tertiary alicyclic amines) is 1. The molecule has 1 fully saturated rings. The number of nitrogens with zero attached hydrogens (tertiary/aromatic N) is 3. The van der Waals surface area contributed by atoms with E-state index >= 15 is 0 Å². The molecule has 1 aromatic carbocycles. The minimum atomic E-state index is 0.683. The lowest BCUT2D eigenvalue weighted by atomic mass is 9.90. The van der Waals surface area contributed by atoms with Crippen LogP contribution in [0.5, 0.6) is 0 Å². The molecule has 3 rings (SSSR count). The predicted molar refractivity (Wildman–Crippen MR) is 76.9 cm³/mol. The maximum absolute atomic E-state index is 4.20. The Bertz CT molecular complexity index is 518. The average Bonchev–Trinajstić information content (AvgIpc) is 2.86. The normalized spacial score (nSPS) is 20.6. The van der Waals surface area contributed by atoms with Gasteiger partial charge in [-0.15, -0.1) is 0 Å². The summed E-state index contributed by atoms with van der Waals surface area (Å²) in [6, 6.07) is 10.9. The van der Waals surface area contributed by atoms with Gasteiger partial charge in [-0.25, -0.2) is 4.98 Å². The fourth-order valence-electron chi connectivity index (χ4n) is 2.96. The van der Waals surface area contributed by atoms with E-state index < -0.39 is 0 Å².